The molecule has 1 saturated carbocycles. The van der Waals surface area contributed by atoms with Crippen molar-refractivity contribution >= 4 is 35.8 Å². The number of carbonyl (C=O) groups excluding carboxylic acids is 1. The highest BCUT2D eigenvalue weighted by atomic mass is 127. The zero-order valence-corrected chi connectivity index (χ0v) is 20.1. The predicted molar refractivity (Wildman–Crippen MR) is 126 cm³/mol. The van der Waals surface area contributed by atoms with Crippen molar-refractivity contribution < 1.29 is 4.79 Å². The number of guanidine groups is 1. The van der Waals surface area contributed by atoms with Crippen molar-refractivity contribution in [1.29, 1.82) is 0 Å². The Kier molecular flexibility index (Phi) is 10.3. The molecule has 2 unspecified atom stereocenters. The van der Waals surface area contributed by atoms with Gasteiger partial charge in [-0.2, -0.15) is 0 Å². The lowest BCUT2D eigenvalue weighted by Crippen LogP contribution is -2.47. The highest BCUT2D eigenvalue weighted by molar-refractivity contribution is 14.0. The fourth-order valence-electron chi connectivity index (χ4n) is 4.82. The van der Waals surface area contributed by atoms with Crippen LogP contribution >= 0.6 is 24.0 Å². The summed E-state index contributed by atoms with van der Waals surface area (Å²) in [5.41, 5.74) is 0. The van der Waals surface area contributed by atoms with Crippen LogP contribution in [0.1, 0.15) is 58.3 Å². The van der Waals surface area contributed by atoms with Crippen LogP contribution in [-0.4, -0.2) is 74.0 Å². The topological polar surface area (TPSA) is 60.0 Å². The Bertz CT molecular complexity index is 503. The number of amides is 1. The smallest absolute Gasteiger partial charge is 0.225 e. The van der Waals surface area contributed by atoms with Crippen LogP contribution in [-0.2, 0) is 4.79 Å². The first-order valence-electron chi connectivity index (χ1n) is 11.1. The van der Waals surface area contributed by atoms with E-state index in [0.29, 0.717) is 17.9 Å². The lowest BCUT2D eigenvalue weighted by atomic mass is 10.1. The molecular formula is C21H40IN5O. The summed E-state index contributed by atoms with van der Waals surface area (Å²) in [6.45, 7) is 8.63. The molecule has 0 radical (unpaired) electrons. The maximum atomic E-state index is 12.6. The summed E-state index contributed by atoms with van der Waals surface area (Å²) in [6.07, 6.45) is 9.72. The van der Waals surface area contributed by atoms with E-state index >= 15 is 0 Å². The average molecular weight is 505 g/mol. The number of piperidine rings is 1. The van der Waals surface area contributed by atoms with Crippen LogP contribution in [0.15, 0.2) is 4.99 Å². The van der Waals surface area contributed by atoms with E-state index in [0.717, 1.165) is 51.4 Å². The zero-order valence-electron chi connectivity index (χ0n) is 17.8. The molecule has 2 heterocycles. The van der Waals surface area contributed by atoms with Gasteiger partial charge in [-0.15, -0.1) is 24.0 Å². The summed E-state index contributed by atoms with van der Waals surface area (Å²) in [5, 5.41) is 7.03. The van der Waals surface area contributed by atoms with E-state index in [1.165, 1.54) is 45.2 Å². The van der Waals surface area contributed by atoms with Crippen molar-refractivity contribution in [2.45, 2.75) is 64.3 Å². The number of likely N-dealkylation sites (tertiary alicyclic amines) is 2. The van der Waals surface area contributed by atoms with E-state index in [1.54, 1.807) is 0 Å². The molecule has 0 aromatic carbocycles. The van der Waals surface area contributed by atoms with Crippen molar-refractivity contribution in [3.63, 3.8) is 0 Å². The van der Waals surface area contributed by atoms with Gasteiger partial charge < -0.3 is 20.4 Å². The average Bonchev–Trinajstić information content (AvgIpc) is 3.37. The molecule has 2 saturated heterocycles. The number of carbonyl (C=O) groups is 1. The van der Waals surface area contributed by atoms with Crippen LogP contribution in [0.2, 0.25) is 0 Å². The molecule has 6 nitrogen and oxygen atoms in total. The summed E-state index contributed by atoms with van der Waals surface area (Å²) in [5.74, 6) is 2.15. The van der Waals surface area contributed by atoms with E-state index < -0.39 is 0 Å². The Labute approximate surface area is 188 Å². The van der Waals surface area contributed by atoms with E-state index in [4.69, 9.17) is 0 Å². The maximum Gasteiger partial charge on any atom is 0.225 e. The van der Waals surface area contributed by atoms with Crippen LogP contribution in [0.4, 0.5) is 0 Å². The molecule has 0 aromatic rings. The molecule has 1 aliphatic carbocycles. The third kappa shape index (κ3) is 7.04. The fraction of sp³-hybridized carbons (Fsp3) is 0.905. The molecule has 7 heteroatoms. The molecule has 2 aliphatic heterocycles. The van der Waals surface area contributed by atoms with Crippen LogP contribution < -0.4 is 10.6 Å². The molecule has 3 rings (SSSR count). The minimum Gasteiger partial charge on any atom is -0.356 e. The molecule has 0 aromatic heterocycles. The van der Waals surface area contributed by atoms with Gasteiger partial charge in [-0.05, 0) is 51.1 Å². The summed E-state index contributed by atoms with van der Waals surface area (Å²) < 4.78 is 0. The number of halogens is 1. The van der Waals surface area contributed by atoms with Gasteiger partial charge in [0.2, 0.25) is 5.91 Å². The second-order valence-corrected chi connectivity index (χ2v) is 8.82. The van der Waals surface area contributed by atoms with Gasteiger partial charge >= 0.3 is 0 Å². The second-order valence-electron chi connectivity index (χ2n) is 8.82. The molecular weight excluding hydrogens is 465 g/mol. The van der Waals surface area contributed by atoms with Gasteiger partial charge in [0, 0.05) is 45.2 Å². The molecule has 0 spiro atoms. The first-order valence-corrected chi connectivity index (χ1v) is 11.1. The number of hydrogen-bond acceptors (Lipinski definition) is 3. The predicted octanol–water partition coefficient (Wildman–Crippen LogP) is 2.68. The summed E-state index contributed by atoms with van der Waals surface area (Å²) in [4.78, 5) is 21.7. The summed E-state index contributed by atoms with van der Waals surface area (Å²) in [7, 11) is 1.83. The highest BCUT2D eigenvalue weighted by Gasteiger charge is 2.32. The van der Waals surface area contributed by atoms with Crippen molar-refractivity contribution in [3.8, 4) is 0 Å². The van der Waals surface area contributed by atoms with Crippen molar-refractivity contribution in [1.82, 2.24) is 20.4 Å². The van der Waals surface area contributed by atoms with Gasteiger partial charge in [0.25, 0.3) is 0 Å². The van der Waals surface area contributed by atoms with E-state index in [9.17, 15) is 4.79 Å². The molecule has 2 atom stereocenters. The Morgan fingerprint density at radius 1 is 1.07 bits per heavy atom. The summed E-state index contributed by atoms with van der Waals surface area (Å²) >= 11 is 0. The molecule has 3 aliphatic rings. The quantitative estimate of drug-likeness (QED) is 0.331. The van der Waals surface area contributed by atoms with Crippen molar-refractivity contribution in [2.75, 3.05) is 46.3 Å². The van der Waals surface area contributed by atoms with Crippen molar-refractivity contribution in [3.05, 3.63) is 0 Å². The number of nitrogens with one attached hydrogen (secondary N) is 2. The minimum atomic E-state index is 0. The minimum absolute atomic E-state index is 0. The Morgan fingerprint density at radius 2 is 1.79 bits per heavy atom. The molecule has 28 heavy (non-hydrogen) atoms. The standard InChI is InChI=1S/C21H39N5O.HI/c1-17(15-25-11-6-3-7-12-25)14-23-21(22-2)24-19-10-13-26(16-19)20(27)18-8-4-5-9-18;/h17-19H,3-16H2,1-2H3,(H2,22,23,24);1H. The largest absolute Gasteiger partial charge is 0.356 e. The monoisotopic (exact) mass is 505 g/mol. The molecule has 0 bridgehead atoms. The molecule has 2 N–H and O–H groups in total. The van der Waals surface area contributed by atoms with Crippen LogP contribution in [0.3, 0.4) is 0 Å². The normalized spacial score (nSPS) is 25.4. The van der Waals surface area contributed by atoms with Gasteiger partial charge in [0.1, 0.15) is 0 Å². The van der Waals surface area contributed by atoms with Gasteiger partial charge in [-0.25, -0.2) is 0 Å². The van der Waals surface area contributed by atoms with E-state index in [-0.39, 0.29) is 29.9 Å². The van der Waals surface area contributed by atoms with E-state index in [2.05, 4.69) is 32.3 Å². The first kappa shape index (κ1) is 23.7. The number of nitrogens with zero attached hydrogens (tertiary/aromatic N) is 3. The van der Waals surface area contributed by atoms with Crippen LogP contribution in [0.25, 0.3) is 0 Å². The van der Waals surface area contributed by atoms with Gasteiger partial charge in [-0.1, -0.05) is 26.2 Å². The lowest BCUT2D eigenvalue weighted by Gasteiger charge is -2.29. The third-order valence-corrected chi connectivity index (χ3v) is 6.41. The highest BCUT2D eigenvalue weighted by Crippen LogP contribution is 2.27. The SMILES string of the molecule is CN=C(NCC(C)CN1CCCCC1)NC1CCN(C(=O)C2CCCC2)C1.I. The second kappa shape index (κ2) is 12.2. The van der Waals surface area contributed by atoms with Gasteiger partial charge in [0.15, 0.2) is 5.96 Å². The number of rotatable bonds is 6. The first-order chi connectivity index (χ1) is 13.2. The summed E-state index contributed by atoms with van der Waals surface area (Å²) in [6, 6.07) is 0.318. The Hall–Kier alpha value is -0.570. The van der Waals surface area contributed by atoms with Crippen molar-refractivity contribution in [2.24, 2.45) is 16.8 Å². The van der Waals surface area contributed by atoms with Gasteiger partial charge in [0.05, 0.1) is 0 Å². The molecule has 3 fully saturated rings. The lowest BCUT2D eigenvalue weighted by molar-refractivity contribution is -0.134. The molecule has 162 valence electrons. The Morgan fingerprint density at radius 3 is 2.46 bits per heavy atom. The van der Waals surface area contributed by atoms with E-state index in [1.807, 2.05) is 7.05 Å². The molecule has 1 amide bonds. The number of hydrogen-bond donors (Lipinski definition) is 2. The maximum absolute atomic E-state index is 12.6. The van der Waals surface area contributed by atoms with Crippen LogP contribution in [0, 0.1) is 11.8 Å². The van der Waals surface area contributed by atoms with Gasteiger partial charge in [-0.3, -0.25) is 9.79 Å². The third-order valence-electron chi connectivity index (χ3n) is 6.41. The Balaban J connectivity index is 0.00000280. The number of aliphatic imine (C=N–C) groups is 1. The zero-order chi connectivity index (χ0) is 19.1. The van der Waals surface area contributed by atoms with Crippen LogP contribution in [0.5, 0.6) is 0 Å². The fourth-order valence-corrected chi connectivity index (χ4v) is 4.82.